The van der Waals surface area contributed by atoms with Crippen molar-refractivity contribution in [2.75, 3.05) is 46.2 Å². The molecule has 4 N–H and O–H groups in total. The molecule has 32 heavy (non-hydrogen) atoms. The number of ether oxygens (including phenoxy) is 1. The van der Waals surface area contributed by atoms with Crippen LogP contribution in [0.25, 0.3) is 17.1 Å². The molecule has 0 radical (unpaired) electrons. The van der Waals surface area contributed by atoms with Gasteiger partial charge in [-0.3, -0.25) is 9.67 Å². The molecule has 1 heterocycles. The lowest BCUT2D eigenvalue weighted by Gasteiger charge is -2.24. The highest BCUT2D eigenvalue weighted by atomic mass is 32.1. The lowest BCUT2D eigenvalue weighted by atomic mass is 9.98. The standard InChI is InChI=1S/C23H31N5O3S/c1-14(2)16-12-17(20(30)13-19(16)29)22-24-25-23(32)28(22)15-7-8-21(31-6)18(11-15)27(5)10-9-26(3)4/h7-8,11-14,29-30H,9-10H2,1-6H3,(H,25,32)/p+1. The summed E-state index contributed by atoms with van der Waals surface area (Å²) in [5.74, 6) is 1.68. The summed E-state index contributed by atoms with van der Waals surface area (Å²) in [5, 5.41) is 26.0. The number of anilines is 1. The summed E-state index contributed by atoms with van der Waals surface area (Å²) >= 11 is 5.55. The van der Waals surface area contributed by atoms with Crippen LogP contribution < -0.4 is 9.64 Å². The number of hydrogen-bond donors (Lipinski definition) is 2. The predicted molar refractivity (Wildman–Crippen MR) is 131 cm³/mol. The van der Waals surface area contributed by atoms with Crippen LogP contribution in [0.3, 0.4) is 0 Å². The maximum absolute atomic E-state index is 10.3. The van der Waals surface area contributed by atoms with Crippen molar-refractivity contribution in [3.05, 3.63) is 40.7 Å². The Balaban J connectivity index is 2.14. The van der Waals surface area contributed by atoms with Crippen LogP contribution in [-0.2, 0) is 0 Å². The second kappa shape index (κ2) is 9.62. The normalized spacial score (nSPS) is 11.4. The smallest absolute Gasteiger partial charge is 0.268 e. The number of nitrogens with one attached hydrogen (secondary N) is 1. The first-order chi connectivity index (χ1) is 15.1. The van der Waals surface area contributed by atoms with Gasteiger partial charge in [0.05, 0.1) is 24.6 Å². The van der Waals surface area contributed by atoms with E-state index in [-0.39, 0.29) is 17.4 Å². The summed E-state index contributed by atoms with van der Waals surface area (Å²) in [6, 6.07) is 9.12. The lowest BCUT2D eigenvalue weighted by molar-refractivity contribution is 0.406. The van der Waals surface area contributed by atoms with Gasteiger partial charge in [-0.05, 0) is 62.1 Å². The number of likely N-dealkylation sites (N-methyl/N-ethyl adjacent to an activating group) is 2. The molecule has 2 aromatic carbocycles. The number of benzene rings is 2. The summed E-state index contributed by atoms with van der Waals surface area (Å²) in [6.07, 6.45) is 0. The van der Waals surface area contributed by atoms with Crippen molar-refractivity contribution < 1.29 is 14.9 Å². The van der Waals surface area contributed by atoms with Crippen molar-refractivity contribution >= 4 is 17.9 Å². The van der Waals surface area contributed by atoms with Crippen LogP contribution in [0.1, 0.15) is 25.3 Å². The van der Waals surface area contributed by atoms with Crippen LogP contribution >= 0.6 is 12.2 Å². The van der Waals surface area contributed by atoms with E-state index < -0.39 is 0 Å². The molecule has 0 spiro atoms. The Morgan fingerprint density at radius 2 is 1.91 bits per heavy atom. The summed E-state index contributed by atoms with van der Waals surface area (Å²) in [7, 11) is 7.77. The first-order valence-electron chi connectivity index (χ1n) is 10.4. The van der Waals surface area contributed by atoms with Crippen LogP contribution in [0.5, 0.6) is 17.2 Å². The van der Waals surface area contributed by atoms with Gasteiger partial charge in [-0.1, -0.05) is 13.8 Å². The topological polar surface area (TPSA) is 92.4 Å². The molecule has 9 heteroatoms. The Morgan fingerprint density at radius 1 is 1.19 bits per heavy atom. The monoisotopic (exact) mass is 458 g/mol. The van der Waals surface area contributed by atoms with Gasteiger partial charge in [0.1, 0.15) is 17.1 Å². The average molecular weight is 459 g/mol. The minimum atomic E-state index is 0.0997. The Hall–Kier alpha value is -3.04. The van der Waals surface area contributed by atoms with Gasteiger partial charge in [0, 0.05) is 20.1 Å². The van der Waals surface area contributed by atoms with E-state index in [4.69, 9.17) is 22.1 Å². The Labute approximate surface area is 193 Å². The largest absolute Gasteiger partial charge is 0.593 e. The van der Waals surface area contributed by atoms with Crippen LogP contribution in [0.2, 0.25) is 0 Å². The zero-order valence-electron chi connectivity index (χ0n) is 19.4. The van der Waals surface area contributed by atoms with E-state index in [0.717, 1.165) is 35.8 Å². The molecule has 8 nitrogen and oxygen atoms in total. The molecule has 0 saturated carbocycles. The number of aromatic amines is 1. The molecule has 0 atom stereocenters. The van der Waals surface area contributed by atoms with Gasteiger partial charge >= 0.3 is 0 Å². The average Bonchev–Trinajstić information content (AvgIpc) is 3.12. The number of H-pyrrole nitrogens is 1. The van der Waals surface area contributed by atoms with Gasteiger partial charge in [-0.25, -0.2) is 0 Å². The molecule has 0 amide bonds. The summed E-state index contributed by atoms with van der Waals surface area (Å²) in [4.78, 5) is 4.27. The molecule has 3 aromatic rings. The third-order valence-corrected chi connectivity index (χ3v) is 5.69. The molecule has 0 fully saturated rings. The van der Waals surface area contributed by atoms with E-state index in [1.165, 1.54) is 6.07 Å². The third-order valence-electron chi connectivity index (χ3n) is 5.42. The van der Waals surface area contributed by atoms with Gasteiger partial charge in [0.2, 0.25) is 0 Å². The number of aromatic nitrogens is 3. The van der Waals surface area contributed by atoms with Gasteiger partial charge in [0.25, 0.3) is 5.75 Å². The van der Waals surface area contributed by atoms with Crippen molar-refractivity contribution in [2.45, 2.75) is 19.8 Å². The second-order valence-corrected chi connectivity index (χ2v) is 8.77. The van der Waals surface area contributed by atoms with Gasteiger partial charge in [-0.2, -0.15) is 5.10 Å². The number of phenols is 1. The highest BCUT2D eigenvalue weighted by Crippen LogP contribution is 2.38. The van der Waals surface area contributed by atoms with E-state index in [2.05, 4.69) is 20.0 Å². The fourth-order valence-electron chi connectivity index (χ4n) is 3.56. The molecule has 0 aliphatic rings. The number of methoxy groups -OCH3 is 1. The van der Waals surface area contributed by atoms with Crippen molar-refractivity contribution in [3.8, 4) is 34.3 Å². The quantitative estimate of drug-likeness (QED) is 0.393. The van der Waals surface area contributed by atoms with Gasteiger partial charge < -0.3 is 24.7 Å². The molecule has 0 saturated heterocycles. The molecule has 3 rings (SSSR count). The summed E-state index contributed by atoms with van der Waals surface area (Å²) < 4.78 is 7.83. The fraction of sp³-hybridized carbons (Fsp3) is 0.391. The minimum absolute atomic E-state index is 0.0997. The molecular formula is C23H32N5O3S+. The molecule has 1 aromatic heterocycles. The molecule has 172 valence electrons. The first-order valence-corrected chi connectivity index (χ1v) is 10.9. The zero-order chi connectivity index (χ0) is 23.6. The zero-order valence-corrected chi connectivity index (χ0v) is 20.2. The molecule has 0 unspecified atom stereocenters. The molecule has 0 aliphatic heterocycles. The Kier molecular flexibility index (Phi) is 7.10. The highest BCUT2D eigenvalue weighted by Gasteiger charge is 2.22. The predicted octanol–water partition coefficient (Wildman–Crippen LogP) is 3.87. The summed E-state index contributed by atoms with van der Waals surface area (Å²) in [6.45, 7) is 5.72. The SMILES string of the molecule is COc1ccc(-n2c(-c3cc(C(C)C)c(O)cc3[OH2+])n[nH]c2=S)cc1N(C)CCN(C)C. The number of aromatic hydroxyl groups is 1. The maximum atomic E-state index is 10.3. The van der Waals surface area contributed by atoms with E-state index in [1.807, 2.05) is 63.8 Å². The number of phenolic OH excluding ortho intramolecular Hbond substituents is 1. The third kappa shape index (κ3) is 4.73. The Morgan fingerprint density at radius 3 is 2.53 bits per heavy atom. The highest BCUT2D eigenvalue weighted by molar-refractivity contribution is 7.71. The summed E-state index contributed by atoms with van der Waals surface area (Å²) in [5.41, 5.74) is 3.10. The van der Waals surface area contributed by atoms with Crippen molar-refractivity contribution in [1.29, 1.82) is 0 Å². The van der Waals surface area contributed by atoms with Crippen LogP contribution in [0.4, 0.5) is 5.69 Å². The number of hydrogen-bond acceptors (Lipinski definition) is 6. The van der Waals surface area contributed by atoms with Crippen molar-refractivity contribution in [1.82, 2.24) is 19.7 Å². The lowest BCUT2D eigenvalue weighted by Crippen LogP contribution is -2.28. The van der Waals surface area contributed by atoms with Crippen LogP contribution in [0.15, 0.2) is 30.3 Å². The minimum Gasteiger partial charge on any atom is -0.593 e. The first kappa shape index (κ1) is 23.6. The van der Waals surface area contributed by atoms with Crippen molar-refractivity contribution in [3.63, 3.8) is 0 Å². The second-order valence-electron chi connectivity index (χ2n) is 8.38. The molecule has 0 bridgehead atoms. The van der Waals surface area contributed by atoms with Crippen molar-refractivity contribution in [2.24, 2.45) is 0 Å². The Bertz CT molecular complexity index is 1150. The molecule has 0 aliphatic carbocycles. The number of nitrogens with zero attached hydrogens (tertiary/aromatic N) is 4. The number of rotatable bonds is 8. The maximum Gasteiger partial charge on any atom is 0.268 e. The van der Waals surface area contributed by atoms with E-state index in [0.29, 0.717) is 16.2 Å². The fourth-order valence-corrected chi connectivity index (χ4v) is 3.79. The van der Waals surface area contributed by atoms with Crippen LogP contribution in [-0.4, -0.2) is 71.2 Å². The molecular weight excluding hydrogens is 426 g/mol. The van der Waals surface area contributed by atoms with Crippen LogP contribution in [0, 0.1) is 4.77 Å². The van der Waals surface area contributed by atoms with Gasteiger partial charge in [-0.15, -0.1) is 0 Å². The van der Waals surface area contributed by atoms with E-state index in [1.54, 1.807) is 7.11 Å². The van der Waals surface area contributed by atoms with E-state index in [9.17, 15) is 5.11 Å². The van der Waals surface area contributed by atoms with Gasteiger partial charge in [0.15, 0.2) is 10.6 Å². The van der Waals surface area contributed by atoms with E-state index >= 15 is 0 Å².